The Morgan fingerprint density at radius 1 is 1.73 bits per heavy atom. The molecule has 0 fully saturated rings. The van der Waals surface area contributed by atoms with Crippen LogP contribution in [0.2, 0.25) is 0 Å². The Balaban J connectivity index is 2.57. The number of carbonyl (C=O) groups is 1. The minimum Gasteiger partial charge on any atom is -0.470 e. The number of hydrogen-bond donors (Lipinski definition) is 1. The van der Waals surface area contributed by atoms with Crippen molar-refractivity contribution in [3.05, 3.63) is 30.7 Å². The quantitative estimate of drug-likeness (QED) is 0.655. The molecule has 0 bridgehead atoms. The third-order valence-corrected chi connectivity index (χ3v) is 1.17. The van der Waals surface area contributed by atoms with Crippen LogP contribution < -0.4 is 5.32 Å². The molecule has 0 aliphatic heterocycles. The van der Waals surface area contributed by atoms with E-state index in [9.17, 15) is 4.79 Å². The summed E-state index contributed by atoms with van der Waals surface area (Å²) in [7, 11) is 0. The predicted octanol–water partition coefficient (Wildman–Crippen LogP) is 1.79. The number of hydrogen-bond acceptors (Lipinski definition) is 2. The van der Waals surface area contributed by atoms with E-state index in [1.807, 2.05) is 0 Å². The smallest absolute Gasteiger partial charge is 0.250 e. The van der Waals surface area contributed by atoms with Gasteiger partial charge in [0.2, 0.25) is 0 Å². The van der Waals surface area contributed by atoms with Gasteiger partial charge in [-0.15, -0.1) is 0 Å². The highest BCUT2D eigenvalue weighted by Gasteiger charge is 2.01. The first-order valence-corrected chi connectivity index (χ1v) is 3.19. The van der Waals surface area contributed by atoms with Crippen molar-refractivity contribution in [3.63, 3.8) is 0 Å². The molecule has 3 nitrogen and oxygen atoms in total. The lowest BCUT2D eigenvalue weighted by atomic mass is 10.3. The van der Waals surface area contributed by atoms with Gasteiger partial charge in [-0.05, 0) is 13.0 Å². The van der Waals surface area contributed by atoms with Crippen molar-refractivity contribution in [2.24, 2.45) is 0 Å². The largest absolute Gasteiger partial charge is 0.470 e. The van der Waals surface area contributed by atoms with E-state index in [4.69, 9.17) is 4.42 Å². The number of furan rings is 1. The fraction of sp³-hybridized carbons (Fsp3) is 0.125. The van der Waals surface area contributed by atoms with E-state index in [1.165, 1.54) is 12.5 Å². The molecule has 0 aliphatic carbocycles. The third kappa shape index (κ3) is 1.97. The summed E-state index contributed by atoms with van der Waals surface area (Å²) < 4.78 is 4.75. The maximum atomic E-state index is 11.0. The first-order valence-electron chi connectivity index (χ1n) is 3.19. The Morgan fingerprint density at radius 3 is 2.91 bits per heavy atom. The molecule has 0 radical (unpaired) electrons. The van der Waals surface area contributed by atoms with Crippen molar-refractivity contribution < 1.29 is 9.21 Å². The summed E-state index contributed by atoms with van der Waals surface area (Å²) in [6, 6.07) is 1.67. The molecule has 1 heterocycles. The van der Waals surface area contributed by atoms with Crippen LogP contribution in [0.3, 0.4) is 0 Å². The van der Waals surface area contributed by atoms with Gasteiger partial charge in [-0.2, -0.15) is 0 Å². The molecule has 1 aromatic heterocycles. The van der Waals surface area contributed by atoms with Gasteiger partial charge < -0.3 is 9.73 Å². The van der Waals surface area contributed by atoms with Crippen molar-refractivity contribution in [2.45, 2.75) is 6.92 Å². The molecule has 0 aliphatic rings. The number of amides is 1. The van der Waals surface area contributed by atoms with Gasteiger partial charge in [-0.25, -0.2) is 0 Å². The zero-order chi connectivity index (χ0) is 8.27. The molecule has 0 saturated heterocycles. The molecule has 3 heteroatoms. The summed E-state index contributed by atoms with van der Waals surface area (Å²) in [5.74, 6) is -0.189. The van der Waals surface area contributed by atoms with E-state index in [0.29, 0.717) is 11.3 Å². The normalized spacial score (nSPS) is 9.18. The zero-order valence-corrected chi connectivity index (χ0v) is 6.26. The van der Waals surface area contributed by atoms with Crippen LogP contribution in [0, 0.1) is 0 Å². The molecule has 1 rings (SSSR count). The average molecular weight is 151 g/mol. The summed E-state index contributed by atoms with van der Waals surface area (Å²) in [5.41, 5.74) is 1.13. The topological polar surface area (TPSA) is 42.2 Å². The first kappa shape index (κ1) is 7.60. The van der Waals surface area contributed by atoms with E-state index in [0.717, 1.165) is 0 Å². The minimum absolute atomic E-state index is 0.189. The van der Waals surface area contributed by atoms with Gasteiger partial charge in [0.05, 0.1) is 12.0 Å². The maximum Gasteiger partial charge on any atom is 0.250 e. The maximum absolute atomic E-state index is 11.0. The molecule has 0 unspecified atom stereocenters. The minimum atomic E-state index is -0.189. The van der Waals surface area contributed by atoms with Crippen molar-refractivity contribution in [1.29, 1.82) is 0 Å². The molecule has 1 aromatic rings. The van der Waals surface area contributed by atoms with Gasteiger partial charge in [-0.1, -0.05) is 6.58 Å². The predicted molar refractivity (Wildman–Crippen MR) is 42.2 cm³/mol. The highest BCUT2D eigenvalue weighted by atomic mass is 16.3. The van der Waals surface area contributed by atoms with Crippen molar-refractivity contribution in [2.75, 3.05) is 5.32 Å². The van der Waals surface area contributed by atoms with Crippen LogP contribution in [-0.2, 0) is 4.79 Å². The lowest BCUT2D eigenvalue weighted by Crippen LogP contribution is -2.10. The van der Waals surface area contributed by atoms with Crippen LogP contribution in [0.5, 0.6) is 0 Å². The second kappa shape index (κ2) is 3.05. The highest BCUT2D eigenvalue weighted by molar-refractivity contribution is 6.02. The average Bonchev–Trinajstić information content (AvgIpc) is 2.39. The molecular formula is C8H9NO2. The van der Waals surface area contributed by atoms with E-state index >= 15 is 0 Å². The van der Waals surface area contributed by atoms with E-state index in [-0.39, 0.29) is 5.91 Å². The Labute approximate surface area is 64.7 Å². The van der Waals surface area contributed by atoms with Gasteiger partial charge in [0, 0.05) is 5.57 Å². The summed E-state index contributed by atoms with van der Waals surface area (Å²) >= 11 is 0. The molecular weight excluding hydrogens is 142 g/mol. The van der Waals surface area contributed by atoms with E-state index in [2.05, 4.69) is 11.9 Å². The second-order valence-corrected chi connectivity index (χ2v) is 2.25. The van der Waals surface area contributed by atoms with Crippen LogP contribution in [0.25, 0.3) is 0 Å². The molecule has 0 aromatic carbocycles. The fourth-order valence-electron chi connectivity index (χ4n) is 0.573. The Kier molecular flexibility index (Phi) is 2.11. The number of nitrogens with one attached hydrogen (secondary N) is 1. The summed E-state index contributed by atoms with van der Waals surface area (Å²) in [4.78, 5) is 11.0. The molecule has 1 amide bonds. The Bertz CT molecular complexity index is 262. The Hall–Kier alpha value is -1.51. The SMILES string of the molecule is C=C(C)C(=O)Nc1ccoc1. The molecule has 1 N–H and O–H groups in total. The van der Waals surface area contributed by atoms with Crippen molar-refractivity contribution in [1.82, 2.24) is 0 Å². The summed E-state index contributed by atoms with van der Waals surface area (Å²) in [5, 5.41) is 2.59. The second-order valence-electron chi connectivity index (χ2n) is 2.25. The fourth-order valence-corrected chi connectivity index (χ4v) is 0.573. The van der Waals surface area contributed by atoms with Crippen molar-refractivity contribution in [3.8, 4) is 0 Å². The van der Waals surface area contributed by atoms with Crippen LogP contribution >= 0.6 is 0 Å². The lowest BCUT2D eigenvalue weighted by molar-refractivity contribution is -0.112. The molecule has 0 atom stereocenters. The van der Waals surface area contributed by atoms with Gasteiger partial charge >= 0.3 is 0 Å². The van der Waals surface area contributed by atoms with Crippen molar-refractivity contribution >= 4 is 11.6 Å². The molecule has 58 valence electrons. The summed E-state index contributed by atoms with van der Waals surface area (Å²) in [6.07, 6.45) is 2.95. The van der Waals surface area contributed by atoms with Crippen LogP contribution in [0.15, 0.2) is 35.2 Å². The molecule has 11 heavy (non-hydrogen) atoms. The number of anilines is 1. The monoisotopic (exact) mass is 151 g/mol. The molecule has 0 spiro atoms. The van der Waals surface area contributed by atoms with Gasteiger partial charge in [0.25, 0.3) is 5.91 Å². The van der Waals surface area contributed by atoms with Gasteiger partial charge in [-0.3, -0.25) is 4.79 Å². The van der Waals surface area contributed by atoms with E-state index < -0.39 is 0 Å². The third-order valence-electron chi connectivity index (χ3n) is 1.17. The van der Waals surface area contributed by atoms with Gasteiger partial charge in [0.15, 0.2) is 0 Å². The first-order chi connectivity index (χ1) is 5.20. The molecule has 0 saturated carbocycles. The number of rotatable bonds is 2. The van der Waals surface area contributed by atoms with Crippen LogP contribution in [0.4, 0.5) is 5.69 Å². The van der Waals surface area contributed by atoms with Crippen LogP contribution in [0.1, 0.15) is 6.92 Å². The standard InChI is InChI=1S/C8H9NO2/c1-6(2)8(10)9-7-3-4-11-5-7/h3-5H,1H2,2H3,(H,9,10). The van der Waals surface area contributed by atoms with E-state index in [1.54, 1.807) is 13.0 Å². The number of carbonyl (C=O) groups excluding carboxylic acids is 1. The van der Waals surface area contributed by atoms with Gasteiger partial charge in [0.1, 0.15) is 6.26 Å². The zero-order valence-electron chi connectivity index (χ0n) is 6.26. The van der Waals surface area contributed by atoms with Crippen LogP contribution in [-0.4, -0.2) is 5.91 Å². The Morgan fingerprint density at radius 2 is 2.45 bits per heavy atom. The lowest BCUT2D eigenvalue weighted by Gasteiger charge is -1.98. The summed E-state index contributed by atoms with van der Waals surface area (Å²) in [6.45, 7) is 5.14. The highest BCUT2D eigenvalue weighted by Crippen LogP contribution is 2.07.